The maximum Gasteiger partial charge on any atom is 0.127 e. The van der Waals surface area contributed by atoms with Crippen LogP contribution < -0.4 is 9.47 Å². The maximum atomic E-state index is 10.3. The second-order valence-electron chi connectivity index (χ2n) is 7.84. The highest BCUT2D eigenvalue weighted by atomic mass is 35.5. The smallest absolute Gasteiger partial charge is 0.127 e. The molecule has 3 aromatic rings. The molecule has 5 heteroatoms. The molecule has 1 atom stereocenters. The fraction of sp³-hybridized carbons (Fsp3) is 0.308. The Hall–Kier alpha value is -2.53. The van der Waals surface area contributed by atoms with E-state index in [0.717, 1.165) is 43.2 Å². The molecule has 0 spiro atoms. The zero-order chi connectivity index (χ0) is 20.6. The fourth-order valence-corrected chi connectivity index (χ4v) is 3.94. The Bertz CT molecular complexity index is 882. The maximum absolute atomic E-state index is 10.3. The van der Waals surface area contributed by atoms with Crippen LogP contribution in [0.5, 0.6) is 17.2 Å². The highest BCUT2D eigenvalue weighted by Gasteiger charge is 2.22. The van der Waals surface area contributed by atoms with Crippen LogP contribution in [-0.4, -0.2) is 42.4 Å². The molecule has 1 aliphatic heterocycles. The molecule has 0 saturated carbocycles. The lowest BCUT2D eigenvalue weighted by molar-refractivity contribution is 0.0594. The highest BCUT2D eigenvalue weighted by Crippen LogP contribution is 2.30. The predicted octanol–water partition coefficient (Wildman–Crippen LogP) is 5.52. The number of aliphatic hydroxyl groups excluding tert-OH is 1. The van der Waals surface area contributed by atoms with Crippen molar-refractivity contribution in [2.24, 2.45) is 0 Å². The second kappa shape index (κ2) is 11.8. The molecule has 3 aromatic carbocycles. The lowest BCUT2D eigenvalue weighted by Gasteiger charge is -2.33. The number of para-hydroxylation sites is 2. The van der Waals surface area contributed by atoms with Crippen molar-refractivity contribution in [2.75, 3.05) is 26.2 Å². The van der Waals surface area contributed by atoms with Gasteiger partial charge in [-0.15, -0.1) is 12.4 Å². The van der Waals surface area contributed by atoms with E-state index in [1.807, 2.05) is 60.7 Å². The van der Waals surface area contributed by atoms with E-state index in [1.165, 1.54) is 5.56 Å². The second-order valence-corrected chi connectivity index (χ2v) is 7.84. The van der Waals surface area contributed by atoms with Gasteiger partial charge in [-0.05, 0) is 73.8 Å². The number of hydrogen-bond donors (Lipinski definition) is 1. The molecule has 4 nitrogen and oxygen atoms in total. The minimum atomic E-state index is -0.476. The number of likely N-dealkylation sites (tertiary alicyclic amines) is 1. The van der Waals surface area contributed by atoms with Crippen molar-refractivity contribution >= 4 is 12.4 Å². The van der Waals surface area contributed by atoms with Gasteiger partial charge < -0.3 is 19.5 Å². The Morgan fingerprint density at radius 2 is 1.32 bits per heavy atom. The molecular weight excluding hydrogens is 410 g/mol. The van der Waals surface area contributed by atoms with Crippen LogP contribution >= 0.6 is 12.4 Å². The van der Waals surface area contributed by atoms with Crippen LogP contribution in [0.3, 0.4) is 0 Å². The van der Waals surface area contributed by atoms with Gasteiger partial charge in [0.1, 0.15) is 30.0 Å². The number of aliphatic hydroxyl groups is 1. The number of benzene rings is 3. The van der Waals surface area contributed by atoms with Gasteiger partial charge in [0.2, 0.25) is 0 Å². The molecule has 0 amide bonds. The zero-order valence-electron chi connectivity index (χ0n) is 17.6. The van der Waals surface area contributed by atoms with Gasteiger partial charge in [-0.1, -0.05) is 48.5 Å². The average Bonchev–Trinajstić information content (AvgIpc) is 2.80. The minimum absolute atomic E-state index is 0. The summed E-state index contributed by atoms with van der Waals surface area (Å²) in [5.41, 5.74) is 1.36. The van der Waals surface area contributed by atoms with E-state index >= 15 is 0 Å². The van der Waals surface area contributed by atoms with Crippen LogP contribution in [0, 0.1) is 0 Å². The number of β-amino-alcohol motifs (C(OH)–C–C–N with tert-alkyl or cyclic N) is 1. The molecule has 0 radical (unpaired) electrons. The van der Waals surface area contributed by atoms with Gasteiger partial charge in [0.25, 0.3) is 0 Å². The normalized spacial score (nSPS) is 15.6. The number of halogens is 1. The van der Waals surface area contributed by atoms with E-state index in [-0.39, 0.29) is 12.4 Å². The summed E-state index contributed by atoms with van der Waals surface area (Å²) >= 11 is 0. The summed E-state index contributed by atoms with van der Waals surface area (Å²) in [6.45, 7) is 2.97. The Labute approximate surface area is 190 Å². The van der Waals surface area contributed by atoms with Crippen LogP contribution in [-0.2, 0) is 0 Å². The molecule has 1 saturated heterocycles. The molecule has 1 aliphatic rings. The topological polar surface area (TPSA) is 41.9 Å². The van der Waals surface area contributed by atoms with Crippen LogP contribution in [0.15, 0.2) is 84.9 Å². The molecule has 164 valence electrons. The Kier molecular flexibility index (Phi) is 8.77. The summed E-state index contributed by atoms with van der Waals surface area (Å²) in [6, 6.07) is 28.0. The summed E-state index contributed by atoms with van der Waals surface area (Å²) in [7, 11) is 0. The van der Waals surface area contributed by atoms with Gasteiger partial charge in [0.05, 0.1) is 0 Å². The third-order valence-corrected chi connectivity index (χ3v) is 5.57. The number of ether oxygens (including phenoxy) is 2. The summed E-state index contributed by atoms with van der Waals surface area (Å²) in [4.78, 5) is 2.34. The van der Waals surface area contributed by atoms with Gasteiger partial charge in [-0.3, -0.25) is 0 Å². The molecule has 0 aromatic heterocycles. The molecule has 1 heterocycles. The number of hydrogen-bond acceptors (Lipinski definition) is 4. The van der Waals surface area contributed by atoms with E-state index in [9.17, 15) is 5.11 Å². The number of nitrogens with zero attached hydrogens (tertiary/aromatic N) is 1. The summed E-state index contributed by atoms with van der Waals surface area (Å²) < 4.78 is 11.6. The lowest BCUT2D eigenvalue weighted by Crippen LogP contribution is -2.40. The van der Waals surface area contributed by atoms with E-state index in [1.54, 1.807) is 0 Å². The van der Waals surface area contributed by atoms with Crippen LogP contribution in [0.4, 0.5) is 0 Å². The van der Waals surface area contributed by atoms with Crippen molar-refractivity contribution in [3.8, 4) is 17.2 Å². The van der Waals surface area contributed by atoms with E-state index in [2.05, 4.69) is 29.2 Å². The van der Waals surface area contributed by atoms with E-state index in [4.69, 9.17) is 9.47 Å². The summed E-state index contributed by atoms with van der Waals surface area (Å²) in [5.74, 6) is 3.08. The quantitative estimate of drug-likeness (QED) is 0.501. The van der Waals surface area contributed by atoms with Gasteiger partial charge in [0.15, 0.2) is 0 Å². The van der Waals surface area contributed by atoms with Crippen molar-refractivity contribution in [1.29, 1.82) is 0 Å². The summed E-state index contributed by atoms with van der Waals surface area (Å²) in [6.07, 6.45) is 1.73. The van der Waals surface area contributed by atoms with Gasteiger partial charge in [-0.2, -0.15) is 0 Å². The van der Waals surface area contributed by atoms with Crippen molar-refractivity contribution in [2.45, 2.75) is 24.9 Å². The van der Waals surface area contributed by atoms with E-state index in [0.29, 0.717) is 19.1 Å². The zero-order valence-corrected chi connectivity index (χ0v) is 18.4. The SMILES string of the molecule is Cl.O[C@@H](COc1ccccc1)CN1CCC(c2ccc(Oc3ccccc3)cc2)CC1. The van der Waals surface area contributed by atoms with Crippen molar-refractivity contribution in [1.82, 2.24) is 4.90 Å². The Morgan fingerprint density at radius 1 is 0.774 bits per heavy atom. The summed E-state index contributed by atoms with van der Waals surface area (Å²) in [5, 5.41) is 10.3. The predicted molar refractivity (Wildman–Crippen MR) is 127 cm³/mol. The first kappa shape index (κ1) is 23.1. The average molecular weight is 440 g/mol. The number of rotatable bonds is 8. The van der Waals surface area contributed by atoms with Gasteiger partial charge in [0, 0.05) is 6.54 Å². The van der Waals surface area contributed by atoms with Crippen molar-refractivity contribution in [3.05, 3.63) is 90.5 Å². The first-order chi connectivity index (χ1) is 14.8. The highest BCUT2D eigenvalue weighted by molar-refractivity contribution is 5.85. The third kappa shape index (κ3) is 7.00. The minimum Gasteiger partial charge on any atom is -0.491 e. The fourth-order valence-electron chi connectivity index (χ4n) is 3.94. The molecule has 1 fully saturated rings. The first-order valence-corrected chi connectivity index (χ1v) is 10.7. The van der Waals surface area contributed by atoms with Crippen molar-refractivity contribution < 1.29 is 14.6 Å². The molecule has 0 bridgehead atoms. The third-order valence-electron chi connectivity index (χ3n) is 5.57. The molecular formula is C26H30ClNO3. The van der Waals surface area contributed by atoms with Crippen LogP contribution in [0.1, 0.15) is 24.3 Å². The van der Waals surface area contributed by atoms with Crippen LogP contribution in [0.25, 0.3) is 0 Å². The largest absolute Gasteiger partial charge is 0.491 e. The lowest BCUT2D eigenvalue weighted by atomic mass is 9.89. The molecule has 0 unspecified atom stereocenters. The van der Waals surface area contributed by atoms with Gasteiger partial charge >= 0.3 is 0 Å². The number of piperidine rings is 1. The monoisotopic (exact) mass is 439 g/mol. The van der Waals surface area contributed by atoms with E-state index < -0.39 is 6.10 Å². The molecule has 0 aliphatic carbocycles. The Balaban J connectivity index is 0.00000272. The standard InChI is InChI=1S/C26H29NO3.ClH/c28-23(20-29-24-7-3-1-4-8-24)19-27-17-15-22(16-18-27)21-11-13-26(14-12-21)30-25-9-5-2-6-10-25;/h1-14,22-23,28H,15-20H2;1H/t23-;/m1./s1. The Morgan fingerprint density at radius 3 is 1.94 bits per heavy atom. The van der Waals surface area contributed by atoms with Crippen molar-refractivity contribution in [3.63, 3.8) is 0 Å². The van der Waals surface area contributed by atoms with Crippen LogP contribution in [0.2, 0.25) is 0 Å². The molecule has 4 rings (SSSR count). The van der Waals surface area contributed by atoms with Gasteiger partial charge in [-0.25, -0.2) is 0 Å². The molecule has 31 heavy (non-hydrogen) atoms. The first-order valence-electron chi connectivity index (χ1n) is 10.7. The molecule has 1 N–H and O–H groups in total.